The number of nitrogens with one attached hydrogen (secondary N) is 3. The summed E-state index contributed by atoms with van der Waals surface area (Å²) in [5.41, 5.74) is 8.72. The van der Waals surface area contributed by atoms with Crippen molar-refractivity contribution < 1.29 is 18.4 Å². The number of rotatable bonds is 8. The van der Waals surface area contributed by atoms with Crippen LogP contribution in [0, 0.1) is 11.6 Å². The molecule has 302 valence electrons. The SMILES string of the molecule is O=C(Nc1ccc(Cc2ccc(-c3ccc(N4CCN(C(=O)Nc5ccc6[nH]ccc6c5)CC4)cc3)c(F)c2)nc1)N1CCN(c2ccc(-c3ccccc3F)cc2)CC1. The molecule has 4 heterocycles. The van der Waals surface area contributed by atoms with Gasteiger partial charge in [-0.05, 0) is 89.5 Å². The molecule has 3 N–H and O–H groups in total. The summed E-state index contributed by atoms with van der Waals surface area (Å²) in [5.74, 6) is -0.551. The number of benzene rings is 5. The zero-order valence-corrected chi connectivity index (χ0v) is 33.0. The smallest absolute Gasteiger partial charge is 0.322 e. The van der Waals surface area contributed by atoms with Crippen molar-refractivity contribution in [1.82, 2.24) is 19.8 Å². The molecule has 0 saturated carbocycles. The molecule has 9 rings (SSSR count). The van der Waals surface area contributed by atoms with Crippen LogP contribution in [0.4, 0.5) is 41.1 Å². The number of anilines is 4. The zero-order chi connectivity index (χ0) is 41.0. The van der Waals surface area contributed by atoms with Gasteiger partial charge in [-0.2, -0.15) is 0 Å². The van der Waals surface area contributed by atoms with Gasteiger partial charge in [-0.1, -0.05) is 54.6 Å². The molecule has 0 radical (unpaired) electrons. The van der Waals surface area contributed by atoms with E-state index >= 15 is 4.39 Å². The van der Waals surface area contributed by atoms with Gasteiger partial charge in [0.05, 0.1) is 11.9 Å². The fraction of sp³-hybridized carbons (Fsp3) is 0.188. The van der Waals surface area contributed by atoms with Crippen LogP contribution >= 0.6 is 0 Å². The van der Waals surface area contributed by atoms with Crippen molar-refractivity contribution >= 4 is 45.7 Å². The number of pyridine rings is 1. The number of fused-ring (bicyclic) bond motifs is 1. The number of piperazine rings is 2. The standard InChI is InChI=1S/C48H44F2N8O2/c49-44-4-2-1-3-42(44)34-6-13-40(14-7-34)56-23-27-58(28-24-56)48(60)54-39-11-10-37(52-32-39)29-33-5-17-43(45(50)30-33)35-8-15-41(16-9-35)55-21-25-57(26-22-55)47(59)53-38-12-18-46-36(31-38)19-20-51-46/h1-20,30-32,51H,21-29H2,(H,53,59)(H,54,60). The first-order valence-corrected chi connectivity index (χ1v) is 20.2. The molecule has 10 nitrogen and oxygen atoms in total. The first-order chi connectivity index (χ1) is 29.3. The molecule has 12 heteroatoms. The van der Waals surface area contributed by atoms with Crippen LogP contribution in [-0.4, -0.2) is 84.2 Å². The van der Waals surface area contributed by atoms with E-state index in [1.165, 1.54) is 6.07 Å². The number of halogens is 2. The Kier molecular flexibility index (Phi) is 10.8. The van der Waals surface area contributed by atoms with Crippen molar-refractivity contribution in [2.45, 2.75) is 6.42 Å². The number of carbonyl (C=O) groups is 2. The van der Waals surface area contributed by atoms with E-state index in [-0.39, 0.29) is 23.7 Å². The summed E-state index contributed by atoms with van der Waals surface area (Å²) in [7, 11) is 0. The molecule has 0 bridgehead atoms. The Hall–Kier alpha value is -7.21. The average molecular weight is 803 g/mol. The van der Waals surface area contributed by atoms with Crippen molar-refractivity contribution in [1.29, 1.82) is 0 Å². The highest BCUT2D eigenvalue weighted by Crippen LogP contribution is 2.29. The van der Waals surface area contributed by atoms with Crippen molar-refractivity contribution in [3.05, 3.63) is 163 Å². The lowest BCUT2D eigenvalue weighted by molar-refractivity contribution is 0.207. The molecule has 4 amide bonds. The Bertz CT molecular complexity index is 2620. The van der Waals surface area contributed by atoms with Gasteiger partial charge in [0.2, 0.25) is 0 Å². The second-order valence-electron chi connectivity index (χ2n) is 15.2. The summed E-state index contributed by atoms with van der Waals surface area (Å²) < 4.78 is 29.7. The highest BCUT2D eigenvalue weighted by molar-refractivity contribution is 5.93. The molecule has 0 unspecified atom stereocenters. The molecule has 0 atom stereocenters. The van der Waals surface area contributed by atoms with E-state index in [2.05, 4.69) is 30.4 Å². The number of aromatic nitrogens is 2. The average Bonchev–Trinajstić information content (AvgIpc) is 3.76. The third-order valence-corrected chi connectivity index (χ3v) is 11.4. The van der Waals surface area contributed by atoms with Gasteiger partial charge >= 0.3 is 12.1 Å². The molecule has 7 aromatic rings. The van der Waals surface area contributed by atoms with Crippen LogP contribution in [0.3, 0.4) is 0 Å². The summed E-state index contributed by atoms with van der Waals surface area (Å²) in [4.78, 5) is 41.8. The predicted octanol–water partition coefficient (Wildman–Crippen LogP) is 9.47. The van der Waals surface area contributed by atoms with Gasteiger partial charge in [-0.15, -0.1) is 0 Å². The lowest BCUT2D eigenvalue weighted by atomic mass is 10.0. The summed E-state index contributed by atoms with van der Waals surface area (Å²) in [6.45, 7) is 5.07. The highest BCUT2D eigenvalue weighted by atomic mass is 19.1. The molecule has 5 aromatic carbocycles. The van der Waals surface area contributed by atoms with E-state index in [0.29, 0.717) is 75.6 Å². The number of nitrogens with zero attached hydrogens (tertiary/aromatic N) is 5. The van der Waals surface area contributed by atoms with Gasteiger partial charge in [-0.25, -0.2) is 18.4 Å². The third kappa shape index (κ3) is 8.49. The molecule has 2 aromatic heterocycles. The van der Waals surface area contributed by atoms with Gasteiger partial charge in [0.25, 0.3) is 0 Å². The maximum atomic E-state index is 15.5. The van der Waals surface area contributed by atoms with Crippen LogP contribution in [0.25, 0.3) is 33.2 Å². The molecule has 2 saturated heterocycles. The number of hydrogen-bond acceptors (Lipinski definition) is 5. The lowest BCUT2D eigenvalue weighted by Gasteiger charge is -2.36. The third-order valence-electron chi connectivity index (χ3n) is 11.4. The van der Waals surface area contributed by atoms with E-state index in [1.807, 2.05) is 108 Å². The summed E-state index contributed by atoms with van der Waals surface area (Å²) in [6.07, 6.45) is 3.96. The molecule has 2 fully saturated rings. The van der Waals surface area contributed by atoms with E-state index in [1.54, 1.807) is 35.4 Å². The number of amides is 4. The molecular formula is C48H44F2N8O2. The van der Waals surface area contributed by atoms with Gasteiger partial charge in [0, 0.05) is 110 Å². The molecular weight excluding hydrogens is 759 g/mol. The minimum atomic E-state index is -0.306. The second-order valence-corrected chi connectivity index (χ2v) is 15.2. The van der Waals surface area contributed by atoms with E-state index in [4.69, 9.17) is 0 Å². The number of H-pyrrole nitrogens is 1. The lowest BCUT2D eigenvalue weighted by Crippen LogP contribution is -2.50. The Morgan fingerprint density at radius 3 is 1.75 bits per heavy atom. The van der Waals surface area contributed by atoms with Crippen LogP contribution < -0.4 is 20.4 Å². The topological polar surface area (TPSA) is 99.8 Å². The first kappa shape index (κ1) is 38.3. The van der Waals surface area contributed by atoms with Crippen molar-refractivity contribution in [2.24, 2.45) is 0 Å². The Morgan fingerprint density at radius 1 is 0.583 bits per heavy atom. The number of aromatic amines is 1. The van der Waals surface area contributed by atoms with Crippen LogP contribution in [0.1, 0.15) is 11.3 Å². The van der Waals surface area contributed by atoms with Gasteiger partial charge in [0.1, 0.15) is 11.6 Å². The minimum Gasteiger partial charge on any atom is -0.368 e. The van der Waals surface area contributed by atoms with Crippen molar-refractivity contribution in [3.63, 3.8) is 0 Å². The normalized spacial score (nSPS) is 14.4. The highest BCUT2D eigenvalue weighted by Gasteiger charge is 2.23. The molecule has 0 spiro atoms. The second kappa shape index (κ2) is 16.9. The maximum absolute atomic E-state index is 15.5. The van der Waals surface area contributed by atoms with Crippen LogP contribution in [0.15, 0.2) is 140 Å². The number of hydrogen-bond donors (Lipinski definition) is 3. The summed E-state index contributed by atoms with van der Waals surface area (Å²) in [5, 5.41) is 7.02. The maximum Gasteiger partial charge on any atom is 0.322 e. The van der Waals surface area contributed by atoms with Gasteiger partial charge < -0.3 is 35.2 Å². The van der Waals surface area contributed by atoms with Crippen molar-refractivity contribution in [3.8, 4) is 22.3 Å². The fourth-order valence-electron chi connectivity index (χ4n) is 7.99. The van der Waals surface area contributed by atoms with E-state index in [9.17, 15) is 14.0 Å². The van der Waals surface area contributed by atoms with Crippen LogP contribution in [-0.2, 0) is 6.42 Å². The van der Waals surface area contributed by atoms with Gasteiger partial charge in [0.15, 0.2) is 0 Å². The quantitative estimate of drug-likeness (QED) is 0.142. The monoisotopic (exact) mass is 802 g/mol. The minimum absolute atomic E-state index is 0.110. The van der Waals surface area contributed by atoms with Gasteiger partial charge in [-0.3, -0.25) is 4.98 Å². The fourth-order valence-corrected chi connectivity index (χ4v) is 7.99. The van der Waals surface area contributed by atoms with Crippen LogP contribution in [0.2, 0.25) is 0 Å². The van der Waals surface area contributed by atoms with E-state index in [0.717, 1.165) is 50.3 Å². The van der Waals surface area contributed by atoms with E-state index < -0.39 is 0 Å². The van der Waals surface area contributed by atoms with Crippen LogP contribution in [0.5, 0.6) is 0 Å². The summed E-state index contributed by atoms with van der Waals surface area (Å²) >= 11 is 0. The number of carbonyl (C=O) groups excluding carboxylic acids is 2. The predicted molar refractivity (Wildman–Crippen MR) is 235 cm³/mol. The van der Waals surface area contributed by atoms with Crippen molar-refractivity contribution in [2.75, 3.05) is 72.8 Å². The largest absolute Gasteiger partial charge is 0.368 e. The molecule has 2 aliphatic heterocycles. The molecule has 60 heavy (non-hydrogen) atoms. The Labute approximate surface area is 347 Å². The first-order valence-electron chi connectivity index (χ1n) is 20.2. The molecule has 2 aliphatic rings. The zero-order valence-electron chi connectivity index (χ0n) is 33.0. The number of urea groups is 2. The Balaban J connectivity index is 0.730. The summed E-state index contributed by atoms with van der Waals surface area (Å²) in [6, 6.07) is 38.9. The Morgan fingerprint density at radius 2 is 1.17 bits per heavy atom. The molecule has 0 aliphatic carbocycles.